The molecule has 0 saturated heterocycles. The summed E-state index contributed by atoms with van der Waals surface area (Å²) in [5.74, 6) is 1.82. The van der Waals surface area contributed by atoms with Gasteiger partial charge in [0.2, 0.25) is 5.91 Å². The van der Waals surface area contributed by atoms with E-state index in [2.05, 4.69) is 52.8 Å². The molecule has 0 unspecified atom stereocenters. The van der Waals surface area contributed by atoms with Gasteiger partial charge in [0.1, 0.15) is 0 Å². The maximum atomic E-state index is 12.6. The van der Waals surface area contributed by atoms with Gasteiger partial charge in [-0.25, -0.2) is 0 Å². The van der Waals surface area contributed by atoms with Gasteiger partial charge in [-0.2, -0.15) is 0 Å². The van der Waals surface area contributed by atoms with E-state index in [0.717, 1.165) is 37.3 Å². The Morgan fingerprint density at radius 3 is 2.67 bits per heavy atom. The van der Waals surface area contributed by atoms with Gasteiger partial charge in [0.05, 0.1) is 18.8 Å². The Balaban J connectivity index is 0.00000320. The van der Waals surface area contributed by atoms with Crippen LogP contribution in [0.5, 0.6) is 0 Å². The number of hydrogen-bond donors (Lipinski definition) is 2. The smallest absolute Gasteiger partial charge is 0.242 e. The molecule has 2 aromatic rings. The first-order valence-electron chi connectivity index (χ1n) is 10.4. The topological polar surface area (TPSA) is 82.8 Å². The summed E-state index contributed by atoms with van der Waals surface area (Å²) in [6, 6.07) is 10.3. The molecular weight excluding hydrogens is 493 g/mol. The minimum atomic E-state index is 0. The maximum absolute atomic E-state index is 12.6. The van der Waals surface area contributed by atoms with Crippen molar-refractivity contribution in [1.82, 2.24) is 20.7 Å². The molecule has 0 spiro atoms. The second-order valence-corrected chi connectivity index (χ2v) is 7.34. The highest BCUT2D eigenvalue weighted by Crippen LogP contribution is 2.22. The van der Waals surface area contributed by atoms with Gasteiger partial charge in [0.15, 0.2) is 11.7 Å². The summed E-state index contributed by atoms with van der Waals surface area (Å²) in [6.07, 6.45) is 2.99. The number of carbonyl (C=O) groups excluding carboxylic acids is 1. The van der Waals surface area contributed by atoms with Crippen molar-refractivity contribution in [1.29, 1.82) is 0 Å². The highest BCUT2D eigenvalue weighted by molar-refractivity contribution is 14.0. The van der Waals surface area contributed by atoms with Crippen molar-refractivity contribution in [2.75, 3.05) is 20.1 Å². The van der Waals surface area contributed by atoms with Gasteiger partial charge in [0, 0.05) is 32.1 Å². The van der Waals surface area contributed by atoms with E-state index in [-0.39, 0.29) is 36.4 Å². The maximum Gasteiger partial charge on any atom is 0.242 e. The first-order chi connectivity index (χ1) is 14.1. The number of rotatable bonds is 7. The van der Waals surface area contributed by atoms with Crippen molar-refractivity contribution in [3.05, 3.63) is 52.9 Å². The largest absolute Gasteiger partial charge is 0.359 e. The van der Waals surface area contributed by atoms with Crippen LogP contribution in [0.15, 0.2) is 39.8 Å². The average Bonchev–Trinajstić information content (AvgIpc) is 3.23. The summed E-state index contributed by atoms with van der Waals surface area (Å²) in [5.41, 5.74) is 3.56. The molecule has 0 atom stereocenters. The van der Waals surface area contributed by atoms with E-state index >= 15 is 0 Å². The van der Waals surface area contributed by atoms with Gasteiger partial charge in [0.25, 0.3) is 0 Å². The van der Waals surface area contributed by atoms with Crippen LogP contribution in [0.25, 0.3) is 0 Å². The Labute approximate surface area is 195 Å². The number of carbonyl (C=O) groups is 1. The zero-order chi connectivity index (χ0) is 20.6. The molecule has 8 heteroatoms. The van der Waals surface area contributed by atoms with E-state index in [1.54, 1.807) is 7.05 Å². The lowest BCUT2D eigenvalue weighted by molar-refractivity contribution is -0.130. The summed E-state index contributed by atoms with van der Waals surface area (Å²) in [4.78, 5) is 18.7. The molecule has 1 amide bonds. The van der Waals surface area contributed by atoms with Gasteiger partial charge < -0.3 is 20.1 Å². The molecule has 2 N–H and O–H groups in total. The first kappa shape index (κ1) is 24.2. The Morgan fingerprint density at radius 1 is 1.23 bits per heavy atom. The first-order valence-corrected chi connectivity index (χ1v) is 10.4. The highest BCUT2D eigenvalue weighted by Gasteiger charge is 2.20. The van der Waals surface area contributed by atoms with Crippen molar-refractivity contribution in [3.63, 3.8) is 0 Å². The number of fused-ring (bicyclic) bond motifs is 1. The van der Waals surface area contributed by atoms with E-state index < -0.39 is 0 Å². The van der Waals surface area contributed by atoms with Crippen molar-refractivity contribution in [2.24, 2.45) is 4.99 Å². The standard InChI is InChI=1S/C22H31N5O2.HI/c1-4-16(5-2)20-12-19(29-26-20)13-24-22(23-3)25-14-21(28)27-11-10-17-8-6-7-9-18(17)15-27;/h6-9,12,16H,4-5,10-11,13-15H2,1-3H3,(H2,23,24,25);1H. The molecule has 1 aromatic carbocycles. The van der Waals surface area contributed by atoms with E-state index in [1.807, 2.05) is 17.0 Å². The molecule has 0 aliphatic carbocycles. The van der Waals surface area contributed by atoms with E-state index in [9.17, 15) is 4.79 Å². The molecule has 0 bridgehead atoms. The molecule has 0 saturated carbocycles. The van der Waals surface area contributed by atoms with Gasteiger partial charge in [-0.15, -0.1) is 24.0 Å². The number of nitrogens with one attached hydrogen (secondary N) is 2. The van der Waals surface area contributed by atoms with Crippen LogP contribution in [0.3, 0.4) is 0 Å². The van der Waals surface area contributed by atoms with Crippen LogP contribution in [0.2, 0.25) is 0 Å². The molecule has 0 radical (unpaired) electrons. The van der Waals surface area contributed by atoms with Crippen LogP contribution in [0, 0.1) is 0 Å². The third-order valence-corrected chi connectivity index (χ3v) is 5.53. The predicted molar refractivity (Wildman–Crippen MR) is 129 cm³/mol. The third-order valence-electron chi connectivity index (χ3n) is 5.53. The molecule has 0 fully saturated rings. The minimum Gasteiger partial charge on any atom is -0.359 e. The summed E-state index contributed by atoms with van der Waals surface area (Å²) < 4.78 is 5.43. The normalized spacial score (nSPS) is 13.6. The molecule has 7 nitrogen and oxygen atoms in total. The fourth-order valence-electron chi connectivity index (χ4n) is 3.68. The number of hydrogen-bond acceptors (Lipinski definition) is 4. The highest BCUT2D eigenvalue weighted by atomic mass is 127. The number of aromatic nitrogens is 1. The zero-order valence-electron chi connectivity index (χ0n) is 18.0. The van der Waals surface area contributed by atoms with Gasteiger partial charge >= 0.3 is 0 Å². The van der Waals surface area contributed by atoms with Crippen LogP contribution >= 0.6 is 24.0 Å². The quantitative estimate of drug-likeness (QED) is 0.329. The number of benzene rings is 1. The van der Waals surface area contributed by atoms with Crippen LogP contribution in [-0.2, 0) is 24.3 Å². The average molecular weight is 525 g/mol. The third kappa shape index (κ3) is 6.20. The Bertz CT molecular complexity index is 848. The monoisotopic (exact) mass is 525 g/mol. The summed E-state index contributed by atoms with van der Waals surface area (Å²) in [5, 5.41) is 10.5. The molecule has 1 aliphatic heterocycles. The van der Waals surface area contributed by atoms with Crippen LogP contribution < -0.4 is 10.6 Å². The zero-order valence-corrected chi connectivity index (χ0v) is 20.3. The number of aliphatic imine (C=N–C) groups is 1. The molecule has 3 rings (SSSR count). The molecule has 2 heterocycles. The fourth-order valence-corrected chi connectivity index (χ4v) is 3.68. The molecule has 164 valence electrons. The lowest BCUT2D eigenvalue weighted by atomic mass is 9.99. The summed E-state index contributed by atoms with van der Waals surface area (Å²) in [7, 11) is 1.69. The molecular formula is C22H32IN5O2. The van der Waals surface area contributed by atoms with Gasteiger partial charge in [-0.05, 0) is 30.4 Å². The SMILES string of the molecule is CCC(CC)c1cc(CNC(=NC)NCC(=O)N2CCc3ccccc3C2)on1.I. The van der Waals surface area contributed by atoms with E-state index in [1.165, 1.54) is 11.1 Å². The molecule has 1 aliphatic rings. The van der Waals surface area contributed by atoms with Gasteiger partial charge in [-0.1, -0.05) is 43.3 Å². The Hall–Kier alpha value is -2.10. The molecule has 30 heavy (non-hydrogen) atoms. The minimum absolute atomic E-state index is 0. The number of amides is 1. The second-order valence-electron chi connectivity index (χ2n) is 7.34. The second kappa shape index (κ2) is 11.9. The van der Waals surface area contributed by atoms with Crippen molar-refractivity contribution in [3.8, 4) is 0 Å². The fraction of sp³-hybridized carbons (Fsp3) is 0.500. The Kier molecular flexibility index (Phi) is 9.61. The van der Waals surface area contributed by atoms with Crippen LogP contribution in [0.4, 0.5) is 0 Å². The van der Waals surface area contributed by atoms with Crippen LogP contribution in [-0.4, -0.2) is 42.1 Å². The summed E-state index contributed by atoms with van der Waals surface area (Å²) >= 11 is 0. The lowest BCUT2D eigenvalue weighted by Gasteiger charge is -2.29. The van der Waals surface area contributed by atoms with Gasteiger partial charge in [-0.3, -0.25) is 9.79 Å². The van der Waals surface area contributed by atoms with Crippen molar-refractivity contribution >= 4 is 35.8 Å². The van der Waals surface area contributed by atoms with Crippen LogP contribution in [0.1, 0.15) is 55.2 Å². The van der Waals surface area contributed by atoms with E-state index in [0.29, 0.717) is 25.0 Å². The molecule has 1 aromatic heterocycles. The predicted octanol–water partition coefficient (Wildman–Crippen LogP) is 3.45. The number of guanidine groups is 1. The van der Waals surface area contributed by atoms with Crippen molar-refractivity contribution < 1.29 is 9.32 Å². The van der Waals surface area contributed by atoms with E-state index in [4.69, 9.17) is 4.52 Å². The Morgan fingerprint density at radius 2 is 1.97 bits per heavy atom. The van der Waals surface area contributed by atoms with Crippen molar-refractivity contribution in [2.45, 2.75) is 52.1 Å². The number of halogens is 1. The number of nitrogens with zero attached hydrogens (tertiary/aromatic N) is 3. The summed E-state index contributed by atoms with van der Waals surface area (Å²) in [6.45, 7) is 6.41. The lowest BCUT2D eigenvalue weighted by Crippen LogP contribution is -2.45.